The van der Waals surface area contributed by atoms with Gasteiger partial charge in [-0.15, -0.1) is 0 Å². The monoisotopic (exact) mass is 761 g/mol. The summed E-state index contributed by atoms with van der Waals surface area (Å²) in [6, 6.07) is 77.6. The topological polar surface area (TPSA) is 38.7 Å². The van der Waals surface area contributed by atoms with Crippen LogP contribution in [-0.4, -0.2) is 15.0 Å². The molecular weight excluding hydrogens is 727 g/mol. The van der Waals surface area contributed by atoms with Crippen molar-refractivity contribution in [1.29, 1.82) is 0 Å². The predicted octanol–water partition coefficient (Wildman–Crippen LogP) is 13.1. The van der Waals surface area contributed by atoms with Crippen LogP contribution in [0.4, 0.5) is 0 Å². The third kappa shape index (κ3) is 4.25. The summed E-state index contributed by atoms with van der Waals surface area (Å²) in [6.07, 6.45) is 0. The number of hydrogen-bond acceptors (Lipinski definition) is 3. The van der Waals surface area contributed by atoms with Gasteiger partial charge in [-0.25, -0.2) is 15.0 Å². The number of fused-ring (bicyclic) bond motifs is 17. The highest BCUT2D eigenvalue weighted by molar-refractivity contribution is 5.96. The number of nitrogens with zero attached hydrogens (tertiary/aromatic N) is 3. The standard InChI is InChI=1S/C57H35N3/c1-2-18-37(19-3-1)53-58-54(60-55(59-53)44-26-16-20-36-17-4-5-21-39(36)44)38-33-34-51-52(35-38)57(47-29-12-8-24-42(47)43-25-9-13-30-48(43)57)50-32-15-14-31-49(50)56(51)45-27-10-6-22-40(45)41-23-7-11-28-46(41)56/h1-35H. The van der Waals surface area contributed by atoms with Crippen molar-refractivity contribution in [2.24, 2.45) is 0 Å². The SMILES string of the molecule is c1ccc(-c2nc(-c3ccc4c(c3)C3(c5ccccc5-c5ccccc53)c3ccccc3C43c4ccccc4-c4ccccc43)nc(-c3cccc4ccccc34)n2)cc1. The van der Waals surface area contributed by atoms with Gasteiger partial charge in [-0.1, -0.05) is 206 Å². The Hall–Kier alpha value is -7.75. The average Bonchev–Trinajstić information content (AvgIpc) is 3.79. The molecule has 278 valence electrons. The Morgan fingerprint density at radius 3 is 1.23 bits per heavy atom. The van der Waals surface area contributed by atoms with Crippen molar-refractivity contribution in [2.45, 2.75) is 10.8 Å². The second kappa shape index (κ2) is 12.4. The van der Waals surface area contributed by atoms with Gasteiger partial charge in [0.15, 0.2) is 17.5 Å². The molecule has 0 bridgehead atoms. The summed E-state index contributed by atoms with van der Waals surface area (Å²) in [7, 11) is 0. The molecule has 3 nitrogen and oxygen atoms in total. The van der Waals surface area contributed by atoms with E-state index in [0.29, 0.717) is 17.5 Å². The van der Waals surface area contributed by atoms with E-state index >= 15 is 0 Å². The van der Waals surface area contributed by atoms with E-state index in [-0.39, 0.29) is 0 Å². The molecule has 0 saturated heterocycles. The highest BCUT2D eigenvalue weighted by atomic mass is 15.0. The molecule has 1 heterocycles. The lowest BCUT2D eigenvalue weighted by atomic mass is 9.52. The number of benzene rings is 9. The summed E-state index contributed by atoms with van der Waals surface area (Å²) in [4.78, 5) is 15.9. The van der Waals surface area contributed by atoms with E-state index in [9.17, 15) is 0 Å². The molecular formula is C57H35N3. The van der Waals surface area contributed by atoms with Crippen LogP contribution in [0.2, 0.25) is 0 Å². The molecule has 0 unspecified atom stereocenters. The number of rotatable bonds is 3. The summed E-state index contributed by atoms with van der Waals surface area (Å²) < 4.78 is 0. The zero-order chi connectivity index (χ0) is 39.4. The highest BCUT2D eigenvalue weighted by Crippen LogP contribution is 2.67. The first-order chi connectivity index (χ1) is 29.8. The Labute approximate surface area is 348 Å². The maximum absolute atomic E-state index is 5.39. The van der Waals surface area contributed by atoms with Gasteiger partial charge in [0, 0.05) is 16.7 Å². The summed E-state index contributed by atoms with van der Waals surface area (Å²) in [5, 5.41) is 2.26. The Morgan fingerprint density at radius 1 is 0.250 bits per heavy atom. The molecule has 0 saturated carbocycles. The summed E-state index contributed by atoms with van der Waals surface area (Å²) in [5.74, 6) is 1.94. The Balaban J connectivity index is 1.17. The summed E-state index contributed by atoms with van der Waals surface area (Å²) in [6.45, 7) is 0. The first-order valence-electron chi connectivity index (χ1n) is 20.7. The van der Waals surface area contributed by atoms with Crippen molar-refractivity contribution in [3.63, 3.8) is 0 Å². The Bertz CT molecular complexity index is 3300. The lowest BCUT2D eigenvalue weighted by molar-refractivity contribution is 0.633. The molecule has 0 radical (unpaired) electrons. The van der Waals surface area contributed by atoms with Crippen LogP contribution >= 0.6 is 0 Å². The van der Waals surface area contributed by atoms with Crippen molar-refractivity contribution >= 4 is 10.8 Å². The normalized spacial score (nSPS) is 14.3. The van der Waals surface area contributed by atoms with Crippen LogP contribution in [0, 0.1) is 0 Å². The molecule has 13 rings (SSSR count). The van der Waals surface area contributed by atoms with Crippen LogP contribution in [0.15, 0.2) is 212 Å². The molecule has 3 aliphatic rings. The maximum atomic E-state index is 5.39. The first-order valence-corrected chi connectivity index (χ1v) is 20.7. The van der Waals surface area contributed by atoms with Crippen LogP contribution in [0.1, 0.15) is 44.5 Å². The van der Waals surface area contributed by atoms with Gasteiger partial charge in [-0.3, -0.25) is 0 Å². The molecule has 9 aromatic carbocycles. The van der Waals surface area contributed by atoms with Crippen LogP contribution in [-0.2, 0) is 10.8 Å². The largest absolute Gasteiger partial charge is 0.208 e. The van der Waals surface area contributed by atoms with Crippen molar-refractivity contribution in [1.82, 2.24) is 15.0 Å². The van der Waals surface area contributed by atoms with Gasteiger partial charge in [0.25, 0.3) is 0 Å². The zero-order valence-corrected chi connectivity index (χ0v) is 32.5. The molecule has 0 atom stereocenters. The van der Waals surface area contributed by atoms with Crippen molar-refractivity contribution < 1.29 is 0 Å². The fraction of sp³-hybridized carbons (Fsp3) is 0.0351. The van der Waals surface area contributed by atoms with Gasteiger partial charge in [0.2, 0.25) is 0 Å². The van der Waals surface area contributed by atoms with Crippen LogP contribution in [0.3, 0.4) is 0 Å². The van der Waals surface area contributed by atoms with Gasteiger partial charge in [-0.2, -0.15) is 0 Å². The minimum atomic E-state index is -0.611. The van der Waals surface area contributed by atoms with Crippen molar-refractivity contribution in [3.05, 3.63) is 257 Å². The van der Waals surface area contributed by atoms with E-state index in [1.807, 2.05) is 18.2 Å². The third-order valence-corrected chi connectivity index (χ3v) is 13.4. The molecule has 0 aliphatic heterocycles. The fourth-order valence-electron chi connectivity index (χ4n) is 11.1. The van der Waals surface area contributed by atoms with Crippen molar-refractivity contribution in [2.75, 3.05) is 0 Å². The van der Waals surface area contributed by atoms with E-state index in [2.05, 4.69) is 194 Å². The highest BCUT2D eigenvalue weighted by Gasteiger charge is 2.59. The summed E-state index contributed by atoms with van der Waals surface area (Å²) in [5.41, 5.74) is 17.2. The average molecular weight is 762 g/mol. The number of aromatic nitrogens is 3. The van der Waals surface area contributed by atoms with Gasteiger partial charge in [0.1, 0.15) is 0 Å². The Morgan fingerprint density at radius 2 is 0.650 bits per heavy atom. The van der Waals surface area contributed by atoms with Gasteiger partial charge in [-0.05, 0) is 83.6 Å². The van der Waals surface area contributed by atoms with Crippen LogP contribution in [0.25, 0.3) is 67.2 Å². The van der Waals surface area contributed by atoms with E-state index < -0.39 is 10.8 Å². The lowest BCUT2D eigenvalue weighted by Crippen LogP contribution is -2.43. The quantitative estimate of drug-likeness (QED) is 0.180. The molecule has 60 heavy (non-hydrogen) atoms. The first kappa shape index (κ1) is 33.2. The third-order valence-electron chi connectivity index (χ3n) is 13.4. The lowest BCUT2D eigenvalue weighted by Gasteiger charge is -2.49. The second-order valence-electron chi connectivity index (χ2n) is 16.2. The smallest absolute Gasteiger partial charge is 0.164 e. The van der Waals surface area contributed by atoms with E-state index in [1.165, 1.54) is 66.8 Å². The van der Waals surface area contributed by atoms with Crippen LogP contribution < -0.4 is 0 Å². The molecule has 0 fully saturated rings. The Kier molecular flexibility index (Phi) is 6.86. The maximum Gasteiger partial charge on any atom is 0.164 e. The molecule has 3 heteroatoms. The van der Waals surface area contributed by atoms with Gasteiger partial charge < -0.3 is 0 Å². The molecule has 2 spiro atoms. The molecule has 3 aliphatic carbocycles. The zero-order valence-electron chi connectivity index (χ0n) is 32.5. The summed E-state index contributed by atoms with van der Waals surface area (Å²) >= 11 is 0. The van der Waals surface area contributed by atoms with Crippen molar-refractivity contribution in [3.8, 4) is 56.4 Å². The minimum Gasteiger partial charge on any atom is -0.208 e. The minimum absolute atomic E-state index is 0.558. The van der Waals surface area contributed by atoms with Gasteiger partial charge in [0.05, 0.1) is 10.8 Å². The van der Waals surface area contributed by atoms with Crippen LogP contribution in [0.5, 0.6) is 0 Å². The molecule has 10 aromatic rings. The fourth-order valence-corrected chi connectivity index (χ4v) is 11.1. The molecule has 0 amide bonds. The molecule has 0 N–H and O–H groups in total. The van der Waals surface area contributed by atoms with Gasteiger partial charge >= 0.3 is 0 Å². The van der Waals surface area contributed by atoms with E-state index in [4.69, 9.17) is 15.0 Å². The van der Waals surface area contributed by atoms with E-state index in [0.717, 1.165) is 27.5 Å². The predicted molar refractivity (Wildman–Crippen MR) is 242 cm³/mol. The van der Waals surface area contributed by atoms with E-state index in [1.54, 1.807) is 0 Å². The second-order valence-corrected chi connectivity index (χ2v) is 16.2. The molecule has 1 aromatic heterocycles. The number of hydrogen-bond donors (Lipinski definition) is 0.